The van der Waals surface area contributed by atoms with Crippen LogP contribution in [0.5, 0.6) is 46.0 Å². The first-order chi connectivity index (χ1) is 52.9. The Kier molecular flexibility index (Phi) is 17.4. The number of benzene rings is 16. The lowest BCUT2D eigenvalue weighted by Gasteiger charge is -2.35. The minimum atomic E-state index is -0.688. The summed E-state index contributed by atoms with van der Waals surface area (Å²) in [6.45, 7) is 0. The Hall–Kier alpha value is -13.3. The molecule has 0 saturated carbocycles. The Balaban J connectivity index is 0.000000141. The minimum Gasteiger partial charge on any atom is -0.449 e. The van der Waals surface area contributed by atoms with Gasteiger partial charge in [-0.3, -0.25) is 0 Å². The van der Waals surface area contributed by atoms with Crippen LogP contribution in [0, 0.1) is 0 Å². The molecule has 16 aromatic rings. The zero-order chi connectivity index (χ0) is 71.7. The number of halogens is 2. The van der Waals surface area contributed by atoms with Gasteiger partial charge in [0.15, 0.2) is 46.0 Å². The number of nitrogens with zero attached hydrogens (tertiary/aromatic N) is 2. The lowest BCUT2D eigenvalue weighted by atomic mass is 9.67. The first-order valence-electron chi connectivity index (χ1n) is 35.7. The van der Waals surface area contributed by atoms with Crippen molar-refractivity contribution in [3.05, 3.63) is 455 Å². The highest BCUT2D eigenvalue weighted by atomic mass is 35.5. The van der Waals surface area contributed by atoms with Gasteiger partial charge in [0.1, 0.15) is 0 Å². The number of hydrogen-bond donors (Lipinski definition) is 1. The summed E-state index contributed by atoms with van der Waals surface area (Å²) in [5.41, 5.74) is 21.0. The predicted octanol–water partition coefficient (Wildman–Crippen LogP) is 27.6. The van der Waals surface area contributed by atoms with E-state index in [-0.39, 0.29) is 0 Å². The maximum absolute atomic E-state index is 6.80. The van der Waals surface area contributed by atoms with Gasteiger partial charge in [0.05, 0.1) is 10.8 Å². The highest BCUT2D eigenvalue weighted by Gasteiger charge is 2.50. The second-order valence-electron chi connectivity index (χ2n) is 26.5. The van der Waals surface area contributed by atoms with Crippen molar-refractivity contribution in [1.82, 2.24) is 0 Å². The first-order valence-corrected chi connectivity index (χ1v) is 36.5. The molecule has 0 amide bonds. The van der Waals surface area contributed by atoms with Gasteiger partial charge in [0.2, 0.25) is 0 Å². The molecule has 512 valence electrons. The van der Waals surface area contributed by atoms with Crippen molar-refractivity contribution in [1.29, 1.82) is 0 Å². The van der Waals surface area contributed by atoms with E-state index >= 15 is 0 Å². The van der Waals surface area contributed by atoms with Gasteiger partial charge in [-0.05, 0) is 213 Å². The number of para-hydroxylation sites is 10. The van der Waals surface area contributed by atoms with Crippen LogP contribution in [0.3, 0.4) is 0 Å². The Morgan fingerprint density at radius 3 is 0.804 bits per heavy atom. The molecule has 2 aliphatic carbocycles. The quantitative estimate of drug-likeness (QED) is 0.131. The molecule has 0 spiro atoms. The standard InChI is InChI=1S/C55H38N2O2.C31H18Cl2O2.C12H11N/c1-5-17-41(18-6-1)56(42-19-7-2-8-20-42)45-33-29-39(30-34-45)55(40-31-35-46(36-32-40)57(43-21-9-3-10-22-43)44-23-11-4-12-24-44)48-26-14-13-25-47(48)53-49(55)37-38-52-54(53)59-51-28-16-15-27-50(51)58-52;32-21-13-9-19(10-14-21)31(20-11-15-22(33)16-12-20)24-6-2-1-5-23(24)29-25(31)17-18-28-30(29)35-27-8-4-3-7-26(27)34-28;1-3-7-11(8-4-1)13-12-9-5-2-6-10-12/h1-38H;1-18H;1-10,13H. The summed E-state index contributed by atoms with van der Waals surface area (Å²) in [7, 11) is 0. The lowest BCUT2D eigenvalue weighted by molar-refractivity contribution is 0.360. The van der Waals surface area contributed by atoms with Gasteiger partial charge in [-0.15, -0.1) is 0 Å². The van der Waals surface area contributed by atoms with Crippen LogP contribution < -0.4 is 34.1 Å². The monoisotopic (exact) mass is 1420 g/mol. The number of fused-ring (bicyclic) bond motifs is 12. The van der Waals surface area contributed by atoms with E-state index in [1.54, 1.807) is 0 Å². The van der Waals surface area contributed by atoms with Crippen LogP contribution in [0.15, 0.2) is 400 Å². The van der Waals surface area contributed by atoms with Crippen molar-refractivity contribution in [3.8, 4) is 68.2 Å². The Labute approximate surface area is 632 Å². The lowest BCUT2D eigenvalue weighted by Crippen LogP contribution is -2.28. The van der Waals surface area contributed by atoms with Crippen molar-refractivity contribution in [2.75, 3.05) is 15.1 Å². The summed E-state index contributed by atoms with van der Waals surface area (Å²) in [6, 6.07) is 138. The number of anilines is 8. The fourth-order valence-electron chi connectivity index (χ4n) is 15.8. The number of nitrogens with one attached hydrogen (secondary N) is 1. The molecule has 16 aromatic carbocycles. The third-order valence-electron chi connectivity index (χ3n) is 20.4. The molecule has 9 heteroatoms. The zero-order valence-electron chi connectivity index (χ0n) is 57.9. The predicted molar refractivity (Wildman–Crippen MR) is 436 cm³/mol. The smallest absolute Gasteiger partial charge is 0.178 e. The molecular formula is C98H67Cl2N3O4. The molecule has 20 rings (SSSR count). The molecule has 0 aromatic heterocycles. The summed E-state index contributed by atoms with van der Waals surface area (Å²) >= 11 is 12.6. The zero-order valence-corrected chi connectivity index (χ0v) is 59.4. The van der Waals surface area contributed by atoms with E-state index in [0.717, 1.165) is 113 Å². The summed E-state index contributed by atoms with van der Waals surface area (Å²) < 4.78 is 26.1. The molecule has 0 atom stereocenters. The van der Waals surface area contributed by atoms with Gasteiger partial charge in [-0.2, -0.15) is 0 Å². The van der Waals surface area contributed by atoms with E-state index in [2.05, 4.69) is 276 Å². The van der Waals surface area contributed by atoms with Gasteiger partial charge in [-0.1, -0.05) is 266 Å². The average molecular weight is 1420 g/mol. The van der Waals surface area contributed by atoms with Crippen LogP contribution in [0.4, 0.5) is 45.5 Å². The van der Waals surface area contributed by atoms with Gasteiger partial charge >= 0.3 is 0 Å². The molecule has 0 bridgehead atoms. The summed E-state index contributed by atoms with van der Waals surface area (Å²) in [6.07, 6.45) is 0. The average Bonchev–Trinajstić information content (AvgIpc) is 1.54. The Morgan fingerprint density at radius 2 is 0.477 bits per heavy atom. The number of hydrogen-bond acceptors (Lipinski definition) is 7. The van der Waals surface area contributed by atoms with E-state index in [1.165, 1.54) is 11.1 Å². The van der Waals surface area contributed by atoms with E-state index in [4.69, 9.17) is 42.1 Å². The maximum atomic E-state index is 6.80. The van der Waals surface area contributed by atoms with Crippen molar-refractivity contribution < 1.29 is 18.9 Å². The van der Waals surface area contributed by atoms with Crippen LogP contribution in [0.1, 0.15) is 44.5 Å². The Bertz CT molecular complexity index is 5570. The van der Waals surface area contributed by atoms with Crippen molar-refractivity contribution in [2.45, 2.75) is 10.8 Å². The molecule has 1 N–H and O–H groups in total. The normalized spacial score (nSPS) is 12.8. The highest BCUT2D eigenvalue weighted by molar-refractivity contribution is 6.31. The summed E-state index contributed by atoms with van der Waals surface area (Å²) in [5.74, 6) is 5.74. The molecule has 107 heavy (non-hydrogen) atoms. The van der Waals surface area contributed by atoms with Crippen LogP contribution >= 0.6 is 23.2 Å². The molecular weight excluding hydrogens is 1350 g/mol. The molecule has 0 fully saturated rings. The SMILES string of the molecule is Clc1ccc(C2(c3ccc(Cl)cc3)c3ccccc3-c3c2ccc2c3Oc3ccccc3O2)cc1.c1ccc(N(c2ccccc2)c2ccc(C3(c4ccc(N(c5ccccc5)c5ccccc5)cc4)c4ccccc4-c4c3ccc3c4Oc4ccccc4O3)cc2)cc1.c1ccc(Nc2ccccc2)cc1. The van der Waals surface area contributed by atoms with E-state index in [9.17, 15) is 0 Å². The molecule has 4 aliphatic rings. The molecule has 7 nitrogen and oxygen atoms in total. The Morgan fingerprint density at radius 1 is 0.215 bits per heavy atom. The summed E-state index contributed by atoms with van der Waals surface area (Å²) in [4.78, 5) is 4.62. The van der Waals surface area contributed by atoms with Crippen molar-refractivity contribution >= 4 is 68.7 Å². The minimum absolute atomic E-state index is 0.573. The third kappa shape index (κ3) is 11.9. The van der Waals surface area contributed by atoms with Gasteiger partial charge in [0, 0.05) is 66.7 Å². The second-order valence-corrected chi connectivity index (χ2v) is 27.4. The molecule has 0 unspecified atom stereocenters. The topological polar surface area (TPSA) is 55.4 Å². The number of rotatable bonds is 12. The third-order valence-corrected chi connectivity index (χ3v) is 20.9. The van der Waals surface area contributed by atoms with Crippen LogP contribution in [-0.4, -0.2) is 0 Å². The second kappa shape index (κ2) is 28.4. The van der Waals surface area contributed by atoms with Crippen LogP contribution in [0.2, 0.25) is 10.0 Å². The van der Waals surface area contributed by atoms with E-state index < -0.39 is 10.8 Å². The molecule has 0 radical (unpaired) electrons. The van der Waals surface area contributed by atoms with Crippen LogP contribution in [0.25, 0.3) is 22.3 Å². The van der Waals surface area contributed by atoms with E-state index in [1.807, 2.05) is 140 Å². The van der Waals surface area contributed by atoms with Gasteiger partial charge in [-0.25, -0.2) is 0 Å². The van der Waals surface area contributed by atoms with Crippen molar-refractivity contribution in [2.24, 2.45) is 0 Å². The molecule has 2 heterocycles. The maximum Gasteiger partial charge on any atom is 0.178 e. The highest BCUT2D eigenvalue weighted by Crippen LogP contribution is 2.65. The largest absolute Gasteiger partial charge is 0.449 e. The molecule has 2 aliphatic heterocycles. The van der Waals surface area contributed by atoms with Gasteiger partial charge in [0.25, 0.3) is 0 Å². The van der Waals surface area contributed by atoms with Gasteiger partial charge < -0.3 is 34.1 Å². The fourth-order valence-corrected chi connectivity index (χ4v) is 16.1. The first kappa shape index (κ1) is 65.7. The summed E-state index contributed by atoms with van der Waals surface area (Å²) in [5, 5.41) is 4.70. The van der Waals surface area contributed by atoms with E-state index in [0.29, 0.717) is 44.5 Å². The fraction of sp³-hybridized carbons (Fsp3) is 0.0204. The number of ether oxygens (including phenoxy) is 4. The van der Waals surface area contributed by atoms with Crippen LogP contribution in [-0.2, 0) is 10.8 Å². The molecule has 0 saturated heterocycles. The van der Waals surface area contributed by atoms with Crippen molar-refractivity contribution in [3.63, 3.8) is 0 Å².